The number of rotatable bonds is 6. The number of hydrogen-bond donors (Lipinski definition) is 0. The molecule has 0 saturated carbocycles. The molecule has 0 N–H and O–H groups in total. The van der Waals surface area contributed by atoms with Gasteiger partial charge in [0, 0.05) is 18.2 Å². The van der Waals surface area contributed by atoms with Crippen molar-refractivity contribution in [1.82, 2.24) is 0 Å². The second kappa shape index (κ2) is 7.26. The van der Waals surface area contributed by atoms with Gasteiger partial charge in [0.05, 0.1) is 19.1 Å². The van der Waals surface area contributed by atoms with E-state index in [1.165, 1.54) is 38.5 Å². The lowest BCUT2D eigenvalue weighted by atomic mass is 10.2. The Kier molecular flexibility index (Phi) is 5.14. The van der Waals surface area contributed by atoms with Crippen LogP contribution in [0.1, 0.15) is 15.9 Å². The highest BCUT2D eigenvalue weighted by molar-refractivity contribution is 5.92. The molecule has 2 aromatic carbocycles. The molecule has 0 radical (unpaired) electrons. The van der Waals surface area contributed by atoms with E-state index in [0.29, 0.717) is 17.1 Å². The quantitative estimate of drug-likeness (QED) is 0.462. The number of benzene rings is 2. The Hall–Kier alpha value is -3.09. The van der Waals surface area contributed by atoms with Crippen molar-refractivity contribution in [2.45, 2.75) is 6.61 Å². The summed E-state index contributed by atoms with van der Waals surface area (Å²) in [5.74, 6) is 0.356. The van der Waals surface area contributed by atoms with Gasteiger partial charge in [0.1, 0.15) is 23.7 Å². The highest BCUT2D eigenvalue weighted by Crippen LogP contribution is 2.25. The number of hydrogen-bond acceptors (Lipinski definition) is 6. The number of carbonyl (C=O) groups is 1. The zero-order chi connectivity index (χ0) is 16.8. The molecule has 0 aliphatic rings. The van der Waals surface area contributed by atoms with Crippen LogP contribution in [0.15, 0.2) is 42.5 Å². The second-order valence-electron chi connectivity index (χ2n) is 4.57. The molecule has 0 spiro atoms. The maximum absolute atomic E-state index is 12.1. The minimum atomic E-state index is -0.553. The third kappa shape index (κ3) is 3.97. The van der Waals surface area contributed by atoms with E-state index < -0.39 is 10.9 Å². The van der Waals surface area contributed by atoms with Gasteiger partial charge in [0.25, 0.3) is 5.69 Å². The van der Waals surface area contributed by atoms with E-state index >= 15 is 0 Å². The molecule has 0 bridgehead atoms. The zero-order valence-corrected chi connectivity index (χ0v) is 12.6. The van der Waals surface area contributed by atoms with Gasteiger partial charge in [-0.2, -0.15) is 0 Å². The summed E-state index contributed by atoms with van der Waals surface area (Å²) in [6, 6.07) is 10.6. The smallest absolute Gasteiger partial charge is 0.342 e. The zero-order valence-electron chi connectivity index (χ0n) is 12.6. The average molecular weight is 317 g/mol. The fraction of sp³-hybridized carbons (Fsp3) is 0.188. The van der Waals surface area contributed by atoms with E-state index in [4.69, 9.17) is 14.2 Å². The normalized spacial score (nSPS) is 10.0. The Labute approximate surface area is 132 Å². The first kappa shape index (κ1) is 16.3. The van der Waals surface area contributed by atoms with E-state index in [2.05, 4.69) is 0 Å². The highest BCUT2D eigenvalue weighted by Gasteiger charge is 2.15. The first-order valence-electron chi connectivity index (χ1n) is 6.67. The molecule has 0 aromatic heterocycles. The maximum Gasteiger partial charge on any atom is 0.342 e. The van der Waals surface area contributed by atoms with Crippen LogP contribution in [0.4, 0.5) is 5.69 Å². The number of non-ortho nitro benzene ring substituents is 1. The number of methoxy groups -OCH3 is 2. The number of nitro groups is 1. The van der Waals surface area contributed by atoms with Crippen molar-refractivity contribution in [1.29, 1.82) is 0 Å². The van der Waals surface area contributed by atoms with Gasteiger partial charge in [-0.3, -0.25) is 10.1 Å². The van der Waals surface area contributed by atoms with Crippen LogP contribution in [0.5, 0.6) is 11.5 Å². The lowest BCUT2D eigenvalue weighted by Gasteiger charge is -2.10. The summed E-state index contributed by atoms with van der Waals surface area (Å²) >= 11 is 0. The van der Waals surface area contributed by atoms with Crippen LogP contribution >= 0.6 is 0 Å². The monoisotopic (exact) mass is 317 g/mol. The Morgan fingerprint density at radius 2 is 1.78 bits per heavy atom. The van der Waals surface area contributed by atoms with E-state index in [0.717, 1.165) is 0 Å². The molecule has 7 nitrogen and oxygen atoms in total. The van der Waals surface area contributed by atoms with Crippen molar-refractivity contribution in [3.05, 3.63) is 63.7 Å². The predicted octanol–water partition coefficient (Wildman–Crippen LogP) is 2.97. The molecular formula is C16H15NO6. The molecular weight excluding hydrogens is 302 g/mol. The van der Waals surface area contributed by atoms with Crippen molar-refractivity contribution < 1.29 is 23.9 Å². The lowest BCUT2D eigenvalue weighted by Crippen LogP contribution is -2.07. The summed E-state index contributed by atoms with van der Waals surface area (Å²) in [5, 5.41) is 10.6. The van der Waals surface area contributed by atoms with Gasteiger partial charge < -0.3 is 14.2 Å². The molecule has 2 aromatic rings. The second-order valence-corrected chi connectivity index (χ2v) is 4.57. The summed E-state index contributed by atoms with van der Waals surface area (Å²) in [4.78, 5) is 22.2. The van der Waals surface area contributed by atoms with Gasteiger partial charge in [0.2, 0.25) is 0 Å². The molecule has 0 fully saturated rings. The molecule has 0 saturated heterocycles. The van der Waals surface area contributed by atoms with Crippen LogP contribution in [0.25, 0.3) is 0 Å². The van der Waals surface area contributed by atoms with Gasteiger partial charge in [-0.05, 0) is 29.8 Å². The third-order valence-electron chi connectivity index (χ3n) is 3.15. The van der Waals surface area contributed by atoms with E-state index in [9.17, 15) is 14.9 Å². The van der Waals surface area contributed by atoms with Gasteiger partial charge >= 0.3 is 5.97 Å². The largest absolute Gasteiger partial charge is 0.497 e. The van der Waals surface area contributed by atoms with Crippen LogP contribution in [0.2, 0.25) is 0 Å². The Balaban J connectivity index is 2.06. The average Bonchev–Trinajstić information content (AvgIpc) is 2.59. The summed E-state index contributed by atoms with van der Waals surface area (Å²) in [7, 11) is 2.96. The standard InChI is InChI=1S/C16H15NO6/c1-21-13-7-8-14(15(9-13)22-2)16(18)23-10-11-3-5-12(6-4-11)17(19)20/h3-9H,10H2,1-2H3. The third-order valence-corrected chi connectivity index (χ3v) is 3.15. The minimum Gasteiger partial charge on any atom is -0.497 e. The topological polar surface area (TPSA) is 87.9 Å². The molecule has 23 heavy (non-hydrogen) atoms. The molecule has 0 atom stereocenters. The molecule has 0 heterocycles. The summed E-state index contributed by atoms with van der Waals surface area (Å²) < 4.78 is 15.4. The molecule has 0 aliphatic heterocycles. The van der Waals surface area contributed by atoms with Gasteiger partial charge in [0.15, 0.2) is 0 Å². The maximum atomic E-state index is 12.1. The number of esters is 1. The fourth-order valence-electron chi connectivity index (χ4n) is 1.91. The SMILES string of the molecule is COc1ccc(C(=O)OCc2ccc([N+](=O)[O-])cc2)c(OC)c1. The van der Waals surface area contributed by atoms with Crippen molar-refractivity contribution >= 4 is 11.7 Å². The summed E-state index contributed by atoms with van der Waals surface area (Å²) in [6.45, 7) is 0.00596. The first-order chi connectivity index (χ1) is 11.0. The summed E-state index contributed by atoms with van der Waals surface area (Å²) in [5.41, 5.74) is 0.906. The number of nitrogens with zero attached hydrogens (tertiary/aromatic N) is 1. The minimum absolute atomic E-state index is 0.00596. The Morgan fingerprint density at radius 3 is 2.35 bits per heavy atom. The van der Waals surface area contributed by atoms with Crippen LogP contribution in [-0.2, 0) is 11.3 Å². The molecule has 120 valence electrons. The molecule has 7 heteroatoms. The van der Waals surface area contributed by atoms with E-state index in [1.807, 2.05) is 0 Å². The summed E-state index contributed by atoms with van der Waals surface area (Å²) in [6.07, 6.45) is 0. The fourth-order valence-corrected chi connectivity index (χ4v) is 1.91. The van der Waals surface area contributed by atoms with Crippen molar-refractivity contribution in [2.75, 3.05) is 14.2 Å². The van der Waals surface area contributed by atoms with Gasteiger partial charge in [-0.1, -0.05) is 0 Å². The first-order valence-corrected chi connectivity index (χ1v) is 6.67. The van der Waals surface area contributed by atoms with Crippen molar-refractivity contribution in [2.24, 2.45) is 0 Å². The molecule has 0 amide bonds. The van der Waals surface area contributed by atoms with Crippen LogP contribution in [0, 0.1) is 10.1 Å². The van der Waals surface area contributed by atoms with Crippen molar-refractivity contribution in [3.63, 3.8) is 0 Å². The lowest BCUT2D eigenvalue weighted by molar-refractivity contribution is -0.384. The van der Waals surface area contributed by atoms with Crippen LogP contribution in [0.3, 0.4) is 0 Å². The number of ether oxygens (including phenoxy) is 3. The van der Waals surface area contributed by atoms with Crippen LogP contribution in [-0.4, -0.2) is 25.1 Å². The Bertz CT molecular complexity index is 711. The van der Waals surface area contributed by atoms with Gasteiger partial charge in [-0.15, -0.1) is 0 Å². The van der Waals surface area contributed by atoms with E-state index in [1.54, 1.807) is 18.2 Å². The van der Waals surface area contributed by atoms with Crippen LogP contribution < -0.4 is 9.47 Å². The number of carbonyl (C=O) groups excluding carboxylic acids is 1. The Morgan fingerprint density at radius 1 is 1.09 bits per heavy atom. The molecule has 2 rings (SSSR count). The number of nitro benzene ring substituents is 1. The van der Waals surface area contributed by atoms with Crippen molar-refractivity contribution in [3.8, 4) is 11.5 Å². The van der Waals surface area contributed by atoms with E-state index in [-0.39, 0.29) is 17.9 Å². The molecule has 0 aliphatic carbocycles. The van der Waals surface area contributed by atoms with Gasteiger partial charge in [-0.25, -0.2) is 4.79 Å². The molecule has 0 unspecified atom stereocenters. The highest BCUT2D eigenvalue weighted by atomic mass is 16.6. The predicted molar refractivity (Wildman–Crippen MR) is 81.8 cm³/mol.